The maximum Gasteiger partial charge on any atom is 0.241 e. The van der Waals surface area contributed by atoms with Crippen LogP contribution >= 0.6 is 23.2 Å². The number of carbonyl (C=O) groups excluding carboxylic acids is 2. The van der Waals surface area contributed by atoms with E-state index in [1.54, 1.807) is 24.3 Å². The number of benzene rings is 2. The maximum atomic E-state index is 12.6. The molecule has 150 valence electrons. The van der Waals surface area contributed by atoms with E-state index in [2.05, 4.69) is 10.0 Å². The summed E-state index contributed by atoms with van der Waals surface area (Å²) < 4.78 is 27.4. The molecule has 0 aliphatic rings. The summed E-state index contributed by atoms with van der Waals surface area (Å²) in [5, 5.41) is 3.53. The zero-order chi connectivity index (χ0) is 20.7. The molecule has 10 heteroatoms. The van der Waals surface area contributed by atoms with Gasteiger partial charge in [0, 0.05) is 23.0 Å². The third kappa shape index (κ3) is 6.79. The summed E-state index contributed by atoms with van der Waals surface area (Å²) in [6, 6.07) is 11.2. The smallest absolute Gasteiger partial charge is 0.241 e. The molecular weight excluding hydrogens is 425 g/mol. The number of sulfonamides is 1. The van der Waals surface area contributed by atoms with Crippen LogP contribution in [0, 0.1) is 0 Å². The normalized spacial score (nSPS) is 12.4. The monoisotopic (exact) mass is 443 g/mol. The van der Waals surface area contributed by atoms with Gasteiger partial charge in [-0.05, 0) is 48.4 Å². The number of hydrogen-bond donors (Lipinski definition) is 3. The third-order valence-electron chi connectivity index (χ3n) is 3.77. The molecule has 2 rings (SSSR count). The quantitative estimate of drug-likeness (QED) is 0.550. The van der Waals surface area contributed by atoms with Crippen molar-refractivity contribution < 1.29 is 18.0 Å². The lowest BCUT2D eigenvalue weighted by atomic mass is 10.1. The number of hydrogen-bond acceptors (Lipinski definition) is 4. The molecule has 0 aliphatic carbocycles. The van der Waals surface area contributed by atoms with Crippen molar-refractivity contribution in [3.63, 3.8) is 0 Å². The van der Waals surface area contributed by atoms with Crippen LogP contribution in [0.1, 0.15) is 18.4 Å². The van der Waals surface area contributed by atoms with Crippen LogP contribution in [0.5, 0.6) is 0 Å². The van der Waals surface area contributed by atoms with Crippen molar-refractivity contribution in [2.45, 2.75) is 30.3 Å². The minimum Gasteiger partial charge on any atom is -0.370 e. The highest BCUT2D eigenvalue weighted by Crippen LogP contribution is 2.15. The van der Waals surface area contributed by atoms with Crippen LogP contribution in [0.3, 0.4) is 0 Å². The summed E-state index contributed by atoms with van der Waals surface area (Å²) in [5.41, 5.74) is 5.88. The van der Waals surface area contributed by atoms with Crippen LogP contribution in [0.4, 0.5) is 0 Å². The highest BCUT2D eigenvalue weighted by molar-refractivity contribution is 7.89. The molecule has 1 atom stereocenters. The summed E-state index contributed by atoms with van der Waals surface area (Å²) in [5.74, 6) is -1.22. The molecule has 0 spiro atoms. The molecule has 0 aliphatic heterocycles. The molecular formula is C18H19Cl2N3O4S. The van der Waals surface area contributed by atoms with Crippen molar-refractivity contribution >= 4 is 45.0 Å². The Labute approximate surface area is 173 Å². The first-order chi connectivity index (χ1) is 13.2. The zero-order valence-electron chi connectivity index (χ0n) is 14.7. The fraction of sp³-hybridized carbons (Fsp3) is 0.222. The lowest BCUT2D eigenvalue weighted by molar-refractivity contribution is -0.123. The Morgan fingerprint density at radius 1 is 1.04 bits per heavy atom. The minimum absolute atomic E-state index is 0.0522. The summed E-state index contributed by atoms with van der Waals surface area (Å²) in [6.45, 7) is 0.148. The summed E-state index contributed by atoms with van der Waals surface area (Å²) in [4.78, 5) is 23.6. The molecule has 0 heterocycles. The van der Waals surface area contributed by atoms with Gasteiger partial charge in [0.2, 0.25) is 21.8 Å². The Bertz CT molecular complexity index is 950. The van der Waals surface area contributed by atoms with Crippen LogP contribution in [-0.4, -0.2) is 26.3 Å². The summed E-state index contributed by atoms with van der Waals surface area (Å²) in [7, 11) is -4.00. The predicted octanol–water partition coefficient (Wildman–Crippen LogP) is 2.22. The topological polar surface area (TPSA) is 118 Å². The first-order valence-electron chi connectivity index (χ1n) is 8.26. The molecule has 2 aromatic rings. The van der Waals surface area contributed by atoms with Gasteiger partial charge in [0.05, 0.1) is 4.90 Å². The molecule has 0 fully saturated rings. The van der Waals surface area contributed by atoms with Crippen LogP contribution in [0.15, 0.2) is 53.4 Å². The van der Waals surface area contributed by atoms with Gasteiger partial charge in [-0.2, -0.15) is 4.72 Å². The van der Waals surface area contributed by atoms with E-state index in [9.17, 15) is 18.0 Å². The molecule has 0 saturated carbocycles. The second-order valence-corrected chi connectivity index (χ2v) is 8.57. The van der Waals surface area contributed by atoms with E-state index in [1.807, 2.05) is 0 Å². The van der Waals surface area contributed by atoms with E-state index in [0.29, 0.717) is 10.0 Å². The van der Waals surface area contributed by atoms with E-state index in [1.165, 1.54) is 24.3 Å². The standard InChI is InChI=1S/C18H19Cl2N3O4S/c19-13-4-6-15(7-5-13)28(26,27)23-16(8-9-17(21)24)18(25)22-11-12-2-1-3-14(20)10-12/h1-7,10,16,23H,8-9,11H2,(H2,21,24)(H,22,25)/t16-/m1/s1. The molecule has 0 aromatic heterocycles. The molecule has 2 aromatic carbocycles. The molecule has 0 saturated heterocycles. The lowest BCUT2D eigenvalue weighted by Gasteiger charge is -2.18. The lowest BCUT2D eigenvalue weighted by Crippen LogP contribution is -2.46. The predicted molar refractivity (Wildman–Crippen MR) is 107 cm³/mol. The number of nitrogens with two attached hydrogens (primary N) is 1. The van der Waals surface area contributed by atoms with Gasteiger partial charge in [-0.3, -0.25) is 9.59 Å². The molecule has 28 heavy (non-hydrogen) atoms. The molecule has 2 amide bonds. The molecule has 4 N–H and O–H groups in total. The summed E-state index contributed by atoms with van der Waals surface area (Å²) in [6.07, 6.45) is -0.234. The van der Waals surface area contributed by atoms with Gasteiger partial charge in [-0.25, -0.2) is 8.42 Å². The highest BCUT2D eigenvalue weighted by Gasteiger charge is 2.26. The third-order valence-corrected chi connectivity index (χ3v) is 5.75. The summed E-state index contributed by atoms with van der Waals surface area (Å²) >= 11 is 11.7. The van der Waals surface area contributed by atoms with E-state index in [0.717, 1.165) is 5.56 Å². The SMILES string of the molecule is NC(=O)CC[C@@H](NS(=O)(=O)c1ccc(Cl)cc1)C(=O)NCc1cccc(Cl)c1. The van der Waals surface area contributed by atoms with E-state index in [-0.39, 0.29) is 24.3 Å². The Morgan fingerprint density at radius 2 is 1.71 bits per heavy atom. The van der Waals surface area contributed by atoms with Crippen molar-refractivity contribution in [2.75, 3.05) is 0 Å². The van der Waals surface area contributed by atoms with Gasteiger partial charge >= 0.3 is 0 Å². The van der Waals surface area contributed by atoms with Crippen molar-refractivity contribution in [1.29, 1.82) is 0 Å². The van der Waals surface area contributed by atoms with Gasteiger partial charge in [0.25, 0.3) is 0 Å². The van der Waals surface area contributed by atoms with E-state index < -0.39 is 27.9 Å². The number of carbonyl (C=O) groups is 2. The molecule has 7 nitrogen and oxygen atoms in total. The van der Waals surface area contributed by atoms with Gasteiger partial charge in [-0.15, -0.1) is 0 Å². The van der Waals surface area contributed by atoms with Crippen molar-refractivity contribution in [1.82, 2.24) is 10.0 Å². The number of nitrogens with one attached hydrogen (secondary N) is 2. The van der Waals surface area contributed by atoms with Crippen LogP contribution < -0.4 is 15.8 Å². The molecule has 0 unspecified atom stereocenters. The van der Waals surface area contributed by atoms with Crippen molar-refractivity contribution in [2.24, 2.45) is 5.73 Å². The highest BCUT2D eigenvalue weighted by atomic mass is 35.5. The minimum atomic E-state index is -4.00. The second kappa shape index (κ2) is 9.88. The second-order valence-electron chi connectivity index (χ2n) is 5.98. The van der Waals surface area contributed by atoms with Crippen LogP contribution in [0.25, 0.3) is 0 Å². The Hall–Kier alpha value is -2.13. The van der Waals surface area contributed by atoms with E-state index >= 15 is 0 Å². The van der Waals surface area contributed by atoms with Gasteiger partial charge < -0.3 is 11.1 Å². The van der Waals surface area contributed by atoms with E-state index in [4.69, 9.17) is 28.9 Å². The molecule has 0 bridgehead atoms. The number of rotatable bonds is 9. The Kier molecular flexibility index (Phi) is 7.82. The van der Waals surface area contributed by atoms with Crippen molar-refractivity contribution in [3.05, 3.63) is 64.1 Å². The fourth-order valence-electron chi connectivity index (χ4n) is 2.36. The average molecular weight is 444 g/mol. The largest absolute Gasteiger partial charge is 0.370 e. The number of halogens is 2. The maximum absolute atomic E-state index is 12.6. The van der Waals surface area contributed by atoms with Crippen molar-refractivity contribution in [3.8, 4) is 0 Å². The molecule has 0 radical (unpaired) electrons. The first-order valence-corrected chi connectivity index (χ1v) is 10.5. The zero-order valence-corrected chi connectivity index (χ0v) is 17.0. The van der Waals surface area contributed by atoms with Gasteiger partial charge in [0.1, 0.15) is 6.04 Å². The van der Waals surface area contributed by atoms with Gasteiger partial charge in [0.15, 0.2) is 0 Å². The fourth-order valence-corrected chi connectivity index (χ4v) is 3.93. The first kappa shape index (κ1) is 22.2. The van der Waals surface area contributed by atoms with Crippen LogP contribution in [-0.2, 0) is 26.2 Å². The number of primary amides is 1. The number of amides is 2. The average Bonchev–Trinajstić information content (AvgIpc) is 2.63. The van der Waals surface area contributed by atoms with Crippen LogP contribution in [0.2, 0.25) is 10.0 Å². The van der Waals surface area contributed by atoms with Gasteiger partial charge in [-0.1, -0.05) is 35.3 Å². The Morgan fingerprint density at radius 3 is 2.32 bits per heavy atom. The Balaban J connectivity index is 2.12.